The molecule has 3 rings (SSSR count). The Morgan fingerprint density at radius 3 is 2.85 bits per heavy atom. The van der Waals surface area contributed by atoms with Gasteiger partial charge in [-0.2, -0.15) is 5.10 Å². The van der Waals surface area contributed by atoms with Crippen LogP contribution in [0.3, 0.4) is 0 Å². The Labute approximate surface area is 117 Å². The van der Waals surface area contributed by atoms with Crippen LogP contribution in [0.15, 0.2) is 24.3 Å². The normalized spacial score (nSPS) is 16.1. The Kier molecular flexibility index (Phi) is 3.80. The number of nitrogens with zero attached hydrogens (tertiary/aromatic N) is 2. The predicted octanol–water partition coefficient (Wildman–Crippen LogP) is 1.93. The summed E-state index contributed by atoms with van der Waals surface area (Å²) in [6.07, 6.45) is 0.256. The van der Waals surface area contributed by atoms with Gasteiger partial charge in [0.15, 0.2) is 6.29 Å². The minimum Gasteiger partial charge on any atom is -0.350 e. The summed E-state index contributed by atoms with van der Waals surface area (Å²) in [5.74, 6) is 0.100. The molecule has 20 heavy (non-hydrogen) atoms. The fraction of sp³-hybridized carbons (Fsp3) is 0.467. The number of benzene rings is 1. The van der Waals surface area contributed by atoms with Crippen LogP contribution >= 0.6 is 0 Å². The highest BCUT2D eigenvalue weighted by molar-refractivity contribution is 5.88. The molecule has 1 aromatic carbocycles. The molecule has 0 aliphatic carbocycles. The van der Waals surface area contributed by atoms with Gasteiger partial charge in [-0.3, -0.25) is 9.48 Å². The summed E-state index contributed by atoms with van der Waals surface area (Å²) in [5, 5.41) is 5.59. The van der Waals surface area contributed by atoms with Gasteiger partial charge in [0, 0.05) is 11.9 Å². The van der Waals surface area contributed by atoms with Crippen molar-refractivity contribution in [2.45, 2.75) is 32.6 Å². The predicted molar refractivity (Wildman–Crippen MR) is 74.4 cm³/mol. The number of carbonyl (C=O) groups is 1. The highest BCUT2D eigenvalue weighted by Gasteiger charge is 2.21. The molecule has 5 nitrogen and oxygen atoms in total. The molecule has 1 aliphatic rings. The molecule has 0 N–H and O–H groups in total. The van der Waals surface area contributed by atoms with E-state index in [2.05, 4.69) is 5.10 Å². The van der Waals surface area contributed by atoms with E-state index in [0.717, 1.165) is 23.1 Å². The molecule has 1 aliphatic heterocycles. The van der Waals surface area contributed by atoms with Crippen molar-refractivity contribution in [1.82, 2.24) is 9.78 Å². The summed E-state index contributed by atoms with van der Waals surface area (Å²) < 4.78 is 12.5. The summed E-state index contributed by atoms with van der Waals surface area (Å²) in [6.45, 7) is 3.99. The lowest BCUT2D eigenvalue weighted by atomic mass is 10.1. The standard InChI is InChI=1S/C15H18N2O3/c1-2-17-14-6-4-3-5-12(14)13(16-17)9-11(18)10-15-19-7-8-20-15/h3-6,15H,2,7-10H2,1H3. The number of rotatable bonds is 5. The number of fused-ring (bicyclic) bond motifs is 1. The van der Waals surface area contributed by atoms with Crippen molar-refractivity contribution in [3.63, 3.8) is 0 Å². The fourth-order valence-corrected chi connectivity index (χ4v) is 2.54. The molecular weight excluding hydrogens is 256 g/mol. The number of para-hydroxylation sites is 1. The fourth-order valence-electron chi connectivity index (χ4n) is 2.54. The minimum atomic E-state index is -0.373. The Morgan fingerprint density at radius 1 is 1.35 bits per heavy atom. The van der Waals surface area contributed by atoms with E-state index in [1.807, 2.05) is 35.9 Å². The zero-order valence-corrected chi connectivity index (χ0v) is 11.5. The average molecular weight is 274 g/mol. The molecule has 106 valence electrons. The van der Waals surface area contributed by atoms with E-state index in [-0.39, 0.29) is 12.1 Å². The number of aromatic nitrogens is 2. The molecule has 2 heterocycles. The number of hydrogen-bond donors (Lipinski definition) is 0. The van der Waals surface area contributed by atoms with E-state index in [0.29, 0.717) is 26.1 Å². The van der Waals surface area contributed by atoms with Crippen LogP contribution in [0.5, 0.6) is 0 Å². The van der Waals surface area contributed by atoms with Gasteiger partial charge in [-0.25, -0.2) is 0 Å². The number of ether oxygens (including phenoxy) is 2. The molecule has 1 fully saturated rings. The van der Waals surface area contributed by atoms with Crippen LogP contribution in [0.2, 0.25) is 0 Å². The topological polar surface area (TPSA) is 53.4 Å². The molecule has 0 saturated carbocycles. The van der Waals surface area contributed by atoms with Gasteiger partial charge >= 0.3 is 0 Å². The van der Waals surface area contributed by atoms with E-state index >= 15 is 0 Å². The van der Waals surface area contributed by atoms with E-state index in [9.17, 15) is 4.79 Å². The average Bonchev–Trinajstić information content (AvgIpc) is 3.07. The molecule has 0 unspecified atom stereocenters. The van der Waals surface area contributed by atoms with Gasteiger partial charge in [-0.1, -0.05) is 18.2 Å². The minimum absolute atomic E-state index is 0.100. The van der Waals surface area contributed by atoms with Crippen LogP contribution in [-0.4, -0.2) is 35.1 Å². The second-order valence-electron chi connectivity index (χ2n) is 4.87. The van der Waals surface area contributed by atoms with E-state index in [1.165, 1.54) is 0 Å². The Hall–Kier alpha value is -1.72. The first-order valence-electron chi connectivity index (χ1n) is 6.97. The summed E-state index contributed by atoms with van der Waals surface area (Å²) in [5.41, 5.74) is 1.91. The van der Waals surface area contributed by atoms with Gasteiger partial charge in [0.2, 0.25) is 0 Å². The summed E-state index contributed by atoms with van der Waals surface area (Å²) in [7, 11) is 0. The van der Waals surface area contributed by atoms with Gasteiger partial charge < -0.3 is 9.47 Å². The van der Waals surface area contributed by atoms with Crippen LogP contribution in [0.1, 0.15) is 19.0 Å². The highest BCUT2D eigenvalue weighted by atomic mass is 16.7. The van der Waals surface area contributed by atoms with Crippen molar-refractivity contribution in [1.29, 1.82) is 0 Å². The van der Waals surface area contributed by atoms with Crippen molar-refractivity contribution in [2.75, 3.05) is 13.2 Å². The zero-order valence-electron chi connectivity index (χ0n) is 11.5. The van der Waals surface area contributed by atoms with Gasteiger partial charge in [-0.15, -0.1) is 0 Å². The van der Waals surface area contributed by atoms with Crippen molar-refractivity contribution < 1.29 is 14.3 Å². The molecule has 0 bridgehead atoms. The first-order chi connectivity index (χ1) is 9.78. The summed E-state index contributed by atoms with van der Waals surface area (Å²) in [6, 6.07) is 8.01. The molecule has 2 aromatic rings. The molecule has 0 radical (unpaired) electrons. The maximum atomic E-state index is 12.1. The molecule has 5 heteroatoms. The highest BCUT2D eigenvalue weighted by Crippen LogP contribution is 2.20. The number of carbonyl (C=O) groups excluding carboxylic acids is 1. The third-order valence-electron chi connectivity index (χ3n) is 3.48. The van der Waals surface area contributed by atoms with Crippen LogP contribution < -0.4 is 0 Å². The van der Waals surface area contributed by atoms with Crippen LogP contribution in [0.25, 0.3) is 10.9 Å². The first-order valence-corrected chi connectivity index (χ1v) is 6.97. The first kappa shape index (κ1) is 13.3. The number of ketones is 1. The number of aryl methyl sites for hydroxylation is 1. The van der Waals surface area contributed by atoms with E-state index in [1.54, 1.807) is 0 Å². The van der Waals surface area contributed by atoms with E-state index < -0.39 is 0 Å². The monoisotopic (exact) mass is 274 g/mol. The molecule has 1 aromatic heterocycles. The molecule has 0 amide bonds. The molecule has 1 saturated heterocycles. The summed E-state index contributed by atoms with van der Waals surface area (Å²) in [4.78, 5) is 12.1. The third-order valence-corrected chi connectivity index (χ3v) is 3.48. The lowest BCUT2D eigenvalue weighted by molar-refractivity contribution is -0.126. The number of hydrogen-bond acceptors (Lipinski definition) is 4. The lowest BCUT2D eigenvalue weighted by Gasteiger charge is -2.06. The lowest BCUT2D eigenvalue weighted by Crippen LogP contribution is -2.16. The summed E-state index contributed by atoms with van der Waals surface area (Å²) >= 11 is 0. The van der Waals surface area contributed by atoms with Crippen molar-refractivity contribution in [3.05, 3.63) is 30.0 Å². The third kappa shape index (κ3) is 2.59. The van der Waals surface area contributed by atoms with Crippen LogP contribution in [-0.2, 0) is 27.2 Å². The Balaban J connectivity index is 1.78. The second-order valence-corrected chi connectivity index (χ2v) is 4.87. The molecular formula is C15H18N2O3. The van der Waals surface area contributed by atoms with Gasteiger partial charge in [0.05, 0.1) is 37.3 Å². The quantitative estimate of drug-likeness (QED) is 0.836. The molecule has 0 atom stereocenters. The van der Waals surface area contributed by atoms with Gasteiger partial charge in [0.25, 0.3) is 0 Å². The van der Waals surface area contributed by atoms with Gasteiger partial charge in [0.1, 0.15) is 5.78 Å². The van der Waals surface area contributed by atoms with Gasteiger partial charge in [-0.05, 0) is 13.0 Å². The largest absolute Gasteiger partial charge is 0.350 e. The van der Waals surface area contributed by atoms with Crippen molar-refractivity contribution in [2.24, 2.45) is 0 Å². The second kappa shape index (κ2) is 5.73. The van der Waals surface area contributed by atoms with Crippen molar-refractivity contribution >= 4 is 16.7 Å². The Morgan fingerprint density at radius 2 is 2.10 bits per heavy atom. The van der Waals surface area contributed by atoms with Crippen LogP contribution in [0, 0.1) is 0 Å². The number of Topliss-reactive ketones (excluding diaryl/α,β-unsaturated/α-hetero) is 1. The molecule has 0 spiro atoms. The van der Waals surface area contributed by atoms with Crippen LogP contribution in [0.4, 0.5) is 0 Å². The maximum absolute atomic E-state index is 12.1. The zero-order chi connectivity index (χ0) is 13.9. The van der Waals surface area contributed by atoms with E-state index in [4.69, 9.17) is 9.47 Å². The van der Waals surface area contributed by atoms with Crippen molar-refractivity contribution in [3.8, 4) is 0 Å². The smallest absolute Gasteiger partial charge is 0.164 e. The maximum Gasteiger partial charge on any atom is 0.164 e. The SMILES string of the molecule is CCn1nc(CC(=O)CC2OCCO2)c2ccccc21. The Bertz CT molecular complexity index is 615.